The zero-order chi connectivity index (χ0) is 27.5. The van der Waals surface area contributed by atoms with Gasteiger partial charge in [0.2, 0.25) is 0 Å². The molecule has 0 aromatic heterocycles. The standard InChI is InChI=1S/C29H29N3O6/c1-20(2)16-26(29(35)38-19-21-10-5-3-6-11-21)31-28(34)25(30-27(33)23-13-7-4-8-14-23)18-22-12-9-15-24(17-22)32(36)37/h3-15,17-18,20,26H,16,19H2,1-2H3,(H,30,33)(H,31,34)/b25-18+. The van der Waals surface area contributed by atoms with Gasteiger partial charge in [-0.3, -0.25) is 19.7 Å². The van der Waals surface area contributed by atoms with Gasteiger partial charge in [-0.1, -0.05) is 74.5 Å². The molecule has 0 aliphatic heterocycles. The SMILES string of the molecule is CC(C)CC(NC(=O)/C(=C\c1cccc([N+](=O)[O-])c1)NC(=O)c1ccccc1)C(=O)OCc1ccccc1. The van der Waals surface area contributed by atoms with E-state index in [1.54, 1.807) is 36.4 Å². The summed E-state index contributed by atoms with van der Waals surface area (Å²) in [5.41, 5.74) is 1.09. The summed E-state index contributed by atoms with van der Waals surface area (Å²) in [4.78, 5) is 49.8. The van der Waals surface area contributed by atoms with Crippen LogP contribution in [0.1, 0.15) is 41.8 Å². The third-order valence-corrected chi connectivity index (χ3v) is 5.44. The molecule has 3 aromatic carbocycles. The van der Waals surface area contributed by atoms with E-state index in [1.165, 1.54) is 24.3 Å². The molecule has 3 rings (SSSR count). The largest absolute Gasteiger partial charge is 0.459 e. The second-order valence-electron chi connectivity index (χ2n) is 8.98. The van der Waals surface area contributed by atoms with Gasteiger partial charge in [-0.05, 0) is 41.7 Å². The normalized spacial score (nSPS) is 11.9. The fourth-order valence-corrected chi connectivity index (χ4v) is 3.59. The van der Waals surface area contributed by atoms with E-state index in [4.69, 9.17) is 4.74 Å². The molecule has 2 N–H and O–H groups in total. The molecule has 0 heterocycles. The summed E-state index contributed by atoms with van der Waals surface area (Å²) in [6, 6.07) is 22.1. The number of hydrogen-bond donors (Lipinski definition) is 2. The Morgan fingerprint density at radius 3 is 2.24 bits per heavy atom. The van der Waals surface area contributed by atoms with Crippen LogP contribution in [-0.4, -0.2) is 28.7 Å². The number of nitrogens with one attached hydrogen (secondary N) is 2. The topological polar surface area (TPSA) is 128 Å². The van der Waals surface area contributed by atoms with Crippen LogP contribution in [0.25, 0.3) is 6.08 Å². The molecular formula is C29H29N3O6. The fraction of sp³-hybridized carbons (Fsp3) is 0.207. The Bertz CT molecular complexity index is 1310. The summed E-state index contributed by atoms with van der Waals surface area (Å²) in [7, 11) is 0. The van der Waals surface area contributed by atoms with Crippen LogP contribution in [0.5, 0.6) is 0 Å². The average Bonchev–Trinajstić information content (AvgIpc) is 2.91. The molecule has 9 nitrogen and oxygen atoms in total. The van der Waals surface area contributed by atoms with Gasteiger partial charge in [-0.2, -0.15) is 0 Å². The van der Waals surface area contributed by atoms with Crippen LogP contribution >= 0.6 is 0 Å². The molecule has 0 fully saturated rings. The number of benzene rings is 3. The number of non-ortho nitro benzene ring substituents is 1. The van der Waals surface area contributed by atoms with Crippen LogP contribution in [0, 0.1) is 16.0 Å². The zero-order valence-electron chi connectivity index (χ0n) is 21.1. The highest BCUT2D eigenvalue weighted by Crippen LogP contribution is 2.16. The lowest BCUT2D eigenvalue weighted by atomic mass is 10.0. The maximum absolute atomic E-state index is 13.4. The minimum absolute atomic E-state index is 0.0469. The molecule has 1 atom stereocenters. The summed E-state index contributed by atoms with van der Waals surface area (Å²) in [5, 5.41) is 16.4. The van der Waals surface area contributed by atoms with Crippen molar-refractivity contribution in [1.82, 2.24) is 10.6 Å². The number of hydrogen-bond acceptors (Lipinski definition) is 6. The lowest BCUT2D eigenvalue weighted by Crippen LogP contribution is -2.45. The number of carbonyl (C=O) groups excluding carboxylic acids is 3. The molecule has 38 heavy (non-hydrogen) atoms. The quantitative estimate of drug-likeness (QED) is 0.166. The first kappa shape index (κ1) is 27.8. The summed E-state index contributed by atoms with van der Waals surface area (Å²) in [6.07, 6.45) is 1.63. The van der Waals surface area contributed by atoms with Crippen molar-refractivity contribution in [3.8, 4) is 0 Å². The maximum Gasteiger partial charge on any atom is 0.328 e. The van der Waals surface area contributed by atoms with Crippen LogP contribution in [0.15, 0.2) is 90.6 Å². The number of nitro benzene ring substituents is 1. The number of esters is 1. The molecular weight excluding hydrogens is 486 g/mol. The molecule has 0 aliphatic rings. The molecule has 1 unspecified atom stereocenters. The van der Waals surface area contributed by atoms with Gasteiger partial charge in [0.15, 0.2) is 0 Å². The molecule has 0 saturated carbocycles. The average molecular weight is 516 g/mol. The predicted molar refractivity (Wildman–Crippen MR) is 143 cm³/mol. The smallest absolute Gasteiger partial charge is 0.328 e. The Morgan fingerprint density at radius 2 is 1.61 bits per heavy atom. The number of ether oxygens (including phenoxy) is 1. The van der Waals surface area contributed by atoms with Gasteiger partial charge in [0, 0.05) is 17.7 Å². The molecule has 0 saturated heterocycles. The van der Waals surface area contributed by atoms with Crippen molar-refractivity contribution in [3.63, 3.8) is 0 Å². The molecule has 0 radical (unpaired) electrons. The third-order valence-electron chi connectivity index (χ3n) is 5.44. The van der Waals surface area contributed by atoms with E-state index >= 15 is 0 Å². The van der Waals surface area contributed by atoms with E-state index in [-0.39, 0.29) is 23.9 Å². The van der Waals surface area contributed by atoms with Gasteiger partial charge in [-0.25, -0.2) is 4.79 Å². The Balaban J connectivity index is 1.85. The van der Waals surface area contributed by atoms with Crippen molar-refractivity contribution in [2.45, 2.75) is 32.9 Å². The van der Waals surface area contributed by atoms with Crippen LogP contribution < -0.4 is 10.6 Å². The van der Waals surface area contributed by atoms with Crippen molar-refractivity contribution in [2.24, 2.45) is 5.92 Å². The van der Waals surface area contributed by atoms with E-state index in [2.05, 4.69) is 10.6 Å². The Kier molecular flexibility index (Phi) is 9.87. The monoisotopic (exact) mass is 515 g/mol. The third kappa shape index (κ3) is 8.41. The van der Waals surface area contributed by atoms with Crippen molar-refractivity contribution in [2.75, 3.05) is 0 Å². The van der Waals surface area contributed by atoms with E-state index in [9.17, 15) is 24.5 Å². The maximum atomic E-state index is 13.4. The molecule has 0 bridgehead atoms. The highest BCUT2D eigenvalue weighted by atomic mass is 16.6. The number of nitrogens with zero attached hydrogens (tertiary/aromatic N) is 1. The van der Waals surface area contributed by atoms with E-state index in [0.717, 1.165) is 5.56 Å². The first-order chi connectivity index (χ1) is 18.2. The highest BCUT2D eigenvalue weighted by Gasteiger charge is 2.26. The Labute approximate surface area is 220 Å². The molecule has 0 spiro atoms. The van der Waals surface area contributed by atoms with Crippen molar-refractivity contribution in [3.05, 3.63) is 117 Å². The number of rotatable bonds is 11. The van der Waals surface area contributed by atoms with Gasteiger partial charge in [0.25, 0.3) is 17.5 Å². The molecule has 2 amide bonds. The van der Waals surface area contributed by atoms with Crippen molar-refractivity contribution in [1.29, 1.82) is 0 Å². The van der Waals surface area contributed by atoms with Crippen LogP contribution in [0.3, 0.4) is 0 Å². The predicted octanol–water partition coefficient (Wildman–Crippen LogP) is 4.64. The minimum Gasteiger partial charge on any atom is -0.459 e. The number of amides is 2. The number of carbonyl (C=O) groups is 3. The first-order valence-electron chi connectivity index (χ1n) is 12.1. The van der Waals surface area contributed by atoms with Gasteiger partial charge < -0.3 is 15.4 Å². The summed E-state index contributed by atoms with van der Waals surface area (Å²) < 4.78 is 5.45. The van der Waals surface area contributed by atoms with E-state index in [1.807, 2.05) is 44.2 Å². The summed E-state index contributed by atoms with van der Waals surface area (Å²) in [6.45, 7) is 3.85. The van der Waals surface area contributed by atoms with Gasteiger partial charge in [-0.15, -0.1) is 0 Å². The van der Waals surface area contributed by atoms with Crippen LogP contribution in [0.2, 0.25) is 0 Å². The van der Waals surface area contributed by atoms with Crippen LogP contribution in [-0.2, 0) is 20.9 Å². The lowest BCUT2D eigenvalue weighted by molar-refractivity contribution is -0.384. The first-order valence-corrected chi connectivity index (χ1v) is 12.1. The highest BCUT2D eigenvalue weighted by molar-refractivity contribution is 6.06. The molecule has 9 heteroatoms. The summed E-state index contributed by atoms with van der Waals surface area (Å²) >= 11 is 0. The molecule has 0 aliphatic carbocycles. The minimum atomic E-state index is -0.978. The Hall–Kier alpha value is -4.79. The van der Waals surface area contributed by atoms with Gasteiger partial charge in [0.05, 0.1) is 4.92 Å². The van der Waals surface area contributed by atoms with Gasteiger partial charge in [0.1, 0.15) is 18.3 Å². The van der Waals surface area contributed by atoms with Crippen LogP contribution in [0.4, 0.5) is 5.69 Å². The Morgan fingerprint density at radius 1 is 0.947 bits per heavy atom. The second-order valence-corrected chi connectivity index (χ2v) is 8.98. The molecule has 3 aromatic rings. The fourth-order valence-electron chi connectivity index (χ4n) is 3.59. The van der Waals surface area contributed by atoms with E-state index in [0.29, 0.717) is 17.5 Å². The lowest BCUT2D eigenvalue weighted by Gasteiger charge is -2.20. The molecule has 196 valence electrons. The zero-order valence-corrected chi connectivity index (χ0v) is 21.1. The second kappa shape index (κ2) is 13.5. The number of nitro groups is 1. The van der Waals surface area contributed by atoms with Crippen molar-refractivity contribution >= 4 is 29.5 Å². The van der Waals surface area contributed by atoms with Gasteiger partial charge >= 0.3 is 5.97 Å². The van der Waals surface area contributed by atoms with Crippen molar-refractivity contribution < 1.29 is 24.0 Å². The summed E-state index contributed by atoms with van der Waals surface area (Å²) in [5.74, 6) is -1.85. The van der Waals surface area contributed by atoms with E-state index < -0.39 is 28.7 Å².